The van der Waals surface area contributed by atoms with Crippen LogP contribution in [0.1, 0.15) is 63.1 Å². The summed E-state index contributed by atoms with van der Waals surface area (Å²) in [5.41, 5.74) is 2.07. The zero-order chi connectivity index (χ0) is 24.8. The van der Waals surface area contributed by atoms with Crippen molar-refractivity contribution in [2.75, 3.05) is 32.5 Å². The van der Waals surface area contributed by atoms with Gasteiger partial charge in [0.1, 0.15) is 11.9 Å². The normalized spacial score (nSPS) is 19.7. The van der Waals surface area contributed by atoms with Gasteiger partial charge in [0.15, 0.2) is 0 Å². The fourth-order valence-corrected chi connectivity index (χ4v) is 7.11. The van der Waals surface area contributed by atoms with Gasteiger partial charge in [-0.2, -0.15) is 11.8 Å². The summed E-state index contributed by atoms with van der Waals surface area (Å²) >= 11 is 8.45. The van der Waals surface area contributed by atoms with Crippen LogP contribution in [-0.2, 0) is 4.79 Å². The van der Waals surface area contributed by atoms with Crippen LogP contribution in [0.15, 0.2) is 24.4 Å². The summed E-state index contributed by atoms with van der Waals surface area (Å²) in [6, 6.07) is 5.30. The molecule has 1 aromatic carbocycles. The number of carbonyl (C=O) groups excluding carboxylic acids is 1. The number of amides is 1. The molecule has 2 fully saturated rings. The van der Waals surface area contributed by atoms with Crippen LogP contribution >= 0.6 is 23.4 Å². The standard InChI is InChI=1S/C26H35ClFN3O3S/c1-34-18-6-7-23-20(16-18)24(21(27)17-29-23)22(28)8-9-26(25(32)30-33)10-12-31(13-11-26)14-15-35-19-4-2-3-5-19/h6-7,16-17,19,22,33H,2-5,8-15H2,1H3,(H,30,32)/t22-/m1/s1. The predicted molar refractivity (Wildman–Crippen MR) is 139 cm³/mol. The van der Waals surface area contributed by atoms with Crippen molar-refractivity contribution in [3.05, 3.63) is 35.0 Å². The maximum atomic E-state index is 15.7. The minimum absolute atomic E-state index is 0.126. The van der Waals surface area contributed by atoms with Crippen LogP contribution < -0.4 is 10.2 Å². The van der Waals surface area contributed by atoms with Crippen LogP contribution in [0.3, 0.4) is 0 Å². The maximum Gasteiger partial charge on any atom is 0.249 e. The monoisotopic (exact) mass is 523 g/mol. The van der Waals surface area contributed by atoms with Crippen LogP contribution in [0.4, 0.5) is 4.39 Å². The molecule has 1 saturated heterocycles. The Morgan fingerprint density at radius 1 is 1.37 bits per heavy atom. The number of methoxy groups -OCH3 is 1. The number of nitrogens with one attached hydrogen (secondary N) is 1. The first kappa shape index (κ1) is 26.5. The second kappa shape index (κ2) is 12.1. The van der Waals surface area contributed by atoms with Crippen LogP contribution in [0, 0.1) is 5.41 Å². The van der Waals surface area contributed by atoms with Crippen LogP contribution in [0.2, 0.25) is 5.02 Å². The number of fused-ring (bicyclic) bond motifs is 1. The molecule has 0 spiro atoms. The molecule has 4 rings (SSSR count). The first-order valence-corrected chi connectivity index (χ1v) is 13.9. The number of hydroxylamine groups is 1. The highest BCUT2D eigenvalue weighted by atomic mass is 35.5. The SMILES string of the molecule is COc1ccc2ncc(Cl)c([C@H](F)CCC3(C(=O)NO)CCN(CCSC4CCCC4)CC3)c2c1. The van der Waals surface area contributed by atoms with Crippen molar-refractivity contribution in [3.8, 4) is 5.75 Å². The molecule has 0 radical (unpaired) electrons. The number of hydrogen-bond acceptors (Lipinski definition) is 6. The summed E-state index contributed by atoms with van der Waals surface area (Å²) in [6.45, 7) is 2.54. The lowest BCUT2D eigenvalue weighted by Gasteiger charge is -2.40. The molecule has 1 aliphatic carbocycles. The first-order chi connectivity index (χ1) is 17.0. The third-order valence-electron chi connectivity index (χ3n) is 7.72. The number of halogens is 2. The number of aromatic nitrogens is 1. The van der Waals surface area contributed by atoms with Crippen LogP contribution in [-0.4, -0.2) is 58.7 Å². The Kier molecular flexibility index (Phi) is 9.13. The number of pyridine rings is 1. The van der Waals surface area contributed by atoms with Crippen molar-refractivity contribution in [3.63, 3.8) is 0 Å². The van der Waals surface area contributed by atoms with E-state index < -0.39 is 17.5 Å². The van der Waals surface area contributed by atoms with Gasteiger partial charge in [-0.15, -0.1) is 0 Å². The number of rotatable bonds is 10. The Morgan fingerprint density at radius 2 is 2.11 bits per heavy atom. The van der Waals surface area contributed by atoms with Crippen molar-refractivity contribution < 1.29 is 19.1 Å². The molecule has 0 unspecified atom stereocenters. The molecular formula is C26H35ClFN3O3S. The first-order valence-electron chi connectivity index (χ1n) is 12.5. The molecule has 1 amide bonds. The molecule has 1 atom stereocenters. The molecule has 1 saturated carbocycles. The van der Waals surface area contributed by atoms with Gasteiger partial charge in [0.2, 0.25) is 5.91 Å². The third-order valence-corrected chi connectivity index (χ3v) is 9.38. The molecule has 2 aliphatic rings. The van der Waals surface area contributed by atoms with Gasteiger partial charge in [-0.25, -0.2) is 9.87 Å². The summed E-state index contributed by atoms with van der Waals surface area (Å²) < 4.78 is 21.0. The number of piperidine rings is 1. The van der Waals surface area contributed by atoms with Gasteiger partial charge in [-0.3, -0.25) is 15.0 Å². The highest BCUT2D eigenvalue weighted by Crippen LogP contribution is 2.42. The second-order valence-electron chi connectivity index (χ2n) is 9.75. The van der Waals surface area contributed by atoms with E-state index in [1.54, 1.807) is 25.3 Å². The number of nitrogens with zero attached hydrogens (tertiary/aromatic N) is 2. The molecule has 9 heteroatoms. The molecule has 2 aromatic rings. The highest BCUT2D eigenvalue weighted by Gasteiger charge is 2.41. The second-order valence-corrected chi connectivity index (χ2v) is 11.6. The number of likely N-dealkylation sites (tertiary alicyclic amines) is 1. The van der Waals surface area contributed by atoms with E-state index in [1.165, 1.54) is 31.9 Å². The van der Waals surface area contributed by atoms with Gasteiger partial charge < -0.3 is 9.64 Å². The molecule has 2 heterocycles. The van der Waals surface area contributed by atoms with Crippen molar-refractivity contribution >= 4 is 40.2 Å². The van der Waals surface area contributed by atoms with Gasteiger partial charge in [-0.1, -0.05) is 24.4 Å². The molecule has 2 N–H and O–H groups in total. The van der Waals surface area contributed by atoms with Gasteiger partial charge in [0, 0.05) is 34.7 Å². The summed E-state index contributed by atoms with van der Waals surface area (Å²) in [5, 5.41) is 11.1. The Labute approximate surface area is 215 Å². The summed E-state index contributed by atoms with van der Waals surface area (Å²) in [5.74, 6) is 1.29. The number of hydrogen-bond donors (Lipinski definition) is 2. The zero-order valence-corrected chi connectivity index (χ0v) is 21.8. The van der Waals surface area contributed by atoms with E-state index in [0.717, 1.165) is 30.6 Å². The van der Waals surface area contributed by atoms with E-state index >= 15 is 4.39 Å². The molecule has 6 nitrogen and oxygen atoms in total. The molecule has 35 heavy (non-hydrogen) atoms. The maximum absolute atomic E-state index is 15.7. The number of thioether (sulfide) groups is 1. The largest absolute Gasteiger partial charge is 0.497 e. The summed E-state index contributed by atoms with van der Waals surface area (Å²) in [6.07, 6.45) is 7.11. The number of carbonyl (C=O) groups is 1. The zero-order valence-electron chi connectivity index (χ0n) is 20.3. The topological polar surface area (TPSA) is 74.7 Å². The average Bonchev–Trinajstić information content (AvgIpc) is 3.40. The molecular weight excluding hydrogens is 489 g/mol. The van der Waals surface area contributed by atoms with E-state index in [2.05, 4.69) is 21.6 Å². The van der Waals surface area contributed by atoms with Gasteiger partial charge >= 0.3 is 0 Å². The van der Waals surface area contributed by atoms with Crippen molar-refractivity contribution in [1.82, 2.24) is 15.4 Å². The average molecular weight is 524 g/mol. The quantitative estimate of drug-likeness (QED) is 0.296. The number of alkyl halides is 1. The van der Waals surface area contributed by atoms with Crippen LogP contribution in [0.25, 0.3) is 10.9 Å². The fourth-order valence-electron chi connectivity index (χ4n) is 5.48. The number of ether oxygens (including phenoxy) is 1. The minimum atomic E-state index is -1.37. The van der Waals surface area contributed by atoms with Crippen molar-refractivity contribution in [2.24, 2.45) is 5.41 Å². The predicted octanol–water partition coefficient (Wildman–Crippen LogP) is 5.95. The Balaban J connectivity index is 1.40. The van der Waals surface area contributed by atoms with Crippen LogP contribution in [0.5, 0.6) is 5.75 Å². The van der Waals surface area contributed by atoms with Gasteiger partial charge in [0.05, 0.1) is 23.1 Å². The minimum Gasteiger partial charge on any atom is -0.497 e. The smallest absolute Gasteiger partial charge is 0.249 e. The van der Waals surface area contributed by atoms with Gasteiger partial charge in [-0.05, 0) is 69.8 Å². The van der Waals surface area contributed by atoms with E-state index in [4.69, 9.17) is 16.3 Å². The Bertz CT molecular complexity index is 1010. The molecule has 0 bridgehead atoms. The lowest BCUT2D eigenvalue weighted by Crippen LogP contribution is -2.48. The van der Waals surface area contributed by atoms with Crippen molar-refractivity contribution in [2.45, 2.75) is 62.8 Å². The lowest BCUT2D eigenvalue weighted by molar-refractivity contribution is -0.143. The lowest BCUT2D eigenvalue weighted by atomic mass is 9.73. The Morgan fingerprint density at radius 3 is 2.80 bits per heavy atom. The molecule has 192 valence electrons. The van der Waals surface area contributed by atoms with Crippen molar-refractivity contribution in [1.29, 1.82) is 0 Å². The fraction of sp³-hybridized carbons (Fsp3) is 0.615. The Hall–Kier alpha value is -1.61. The van der Waals surface area contributed by atoms with E-state index in [-0.39, 0.29) is 11.4 Å². The third kappa shape index (κ3) is 6.21. The molecule has 1 aromatic heterocycles. The van der Waals surface area contributed by atoms with E-state index in [0.29, 0.717) is 41.5 Å². The van der Waals surface area contributed by atoms with E-state index in [1.807, 2.05) is 5.48 Å². The van der Waals surface area contributed by atoms with E-state index in [9.17, 15) is 10.0 Å². The summed E-state index contributed by atoms with van der Waals surface area (Å²) in [7, 11) is 1.56. The highest BCUT2D eigenvalue weighted by molar-refractivity contribution is 7.99. The molecule has 1 aliphatic heterocycles. The summed E-state index contributed by atoms with van der Waals surface area (Å²) in [4.78, 5) is 19.4. The number of benzene rings is 1. The van der Waals surface area contributed by atoms with Gasteiger partial charge in [0.25, 0.3) is 0 Å².